The van der Waals surface area contributed by atoms with Crippen LogP contribution in [0.5, 0.6) is 5.75 Å². The highest BCUT2D eigenvalue weighted by Gasteiger charge is 2.05. The third-order valence-corrected chi connectivity index (χ3v) is 1.79. The molecular formula is C7H4ClN3O. The maximum atomic E-state index is 9.16. The number of hydrogen-bond acceptors (Lipinski definition) is 4. The molecule has 0 aliphatic carbocycles. The maximum absolute atomic E-state index is 9.16. The lowest BCUT2D eigenvalue weighted by Crippen LogP contribution is -1.86. The van der Waals surface area contributed by atoms with Gasteiger partial charge in [-0.3, -0.25) is 0 Å². The van der Waals surface area contributed by atoms with Crippen molar-refractivity contribution in [3.05, 3.63) is 23.6 Å². The largest absolute Gasteiger partial charge is 0.505 e. The van der Waals surface area contributed by atoms with Gasteiger partial charge in [-0.2, -0.15) is 0 Å². The lowest BCUT2D eigenvalue weighted by atomic mass is 10.4. The SMILES string of the molecule is Oc1cnc2nccnc2c1Cl. The zero-order valence-electron chi connectivity index (χ0n) is 5.90. The molecule has 12 heavy (non-hydrogen) atoms. The van der Waals surface area contributed by atoms with E-state index in [1.54, 1.807) is 0 Å². The Balaban J connectivity index is 2.91. The fraction of sp³-hybridized carbons (Fsp3) is 0. The predicted octanol–water partition coefficient (Wildman–Crippen LogP) is 1.38. The van der Waals surface area contributed by atoms with Gasteiger partial charge < -0.3 is 5.11 Å². The van der Waals surface area contributed by atoms with Crippen molar-refractivity contribution in [1.29, 1.82) is 0 Å². The monoisotopic (exact) mass is 181 g/mol. The van der Waals surface area contributed by atoms with Crippen LogP contribution in [0.1, 0.15) is 0 Å². The number of hydrogen-bond donors (Lipinski definition) is 1. The van der Waals surface area contributed by atoms with Crippen molar-refractivity contribution in [2.45, 2.75) is 0 Å². The van der Waals surface area contributed by atoms with Crippen LogP contribution in [0.3, 0.4) is 0 Å². The molecule has 1 N–H and O–H groups in total. The average molecular weight is 182 g/mol. The lowest BCUT2D eigenvalue weighted by molar-refractivity contribution is 0.474. The van der Waals surface area contributed by atoms with Crippen molar-refractivity contribution in [3.8, 4) is 5.75 Å². The van der Waals surface area contributed by atoms with Gasteiger partial charge in [0, 0.05) is 12.4 Å². The highest BCUT2D eigenvalue weighted by molar-refractivity contribution is 6.36. The number of fused-ring (bicyclic) bond motifs is 1. The molecule has 0 radical (unpaired) electrons. The second-order valence-electron chi connectivity index (χ2n) is 2.19. The molecule has 2 aromatic rings. The number of aromatic nitrogens is 3. The molecule has 0 unspecified atom stereocenters. The second-order valence-corrected chi connectivity index (χ2v) is 2.56. The standard InChI is InChI=1S/C7H4ClN3O/c8-5-4(12)3-11-7-6(5)9-1-2-10-7/h1-3,12H. The molecule has 0 fully saturated rings. The van der Waals surface area contributed by atoms with E-state index >= 15 is 0 Å². The number of halogens is 1. The van der Waals surface area contributed by atoms with Crippen molar-refractivity contribution in [1.82, 2.24) is 15.0 Å². The van der Waals surface area contributed by atoms with Crippen LogP contribution in [0.2, 0.25) is 5.02 Å². The van der Waals surface area contributed by atoms with Crippen molar-refractivity contribution < 1.29 is 5.11 Å². The van der Waals surface area contributed by atoms with Crippen LogP contribution >= 0.6 is 11.6 Å². The highest BCUT2D eigenvalue weighted by atomic mass is 35.5. The molecule has 5 heteroatoms. The molecule has 0 bridgehead atoms. The van der Waals surface area contributed by atoms with Crippen molar-refractivity contribution in [2.24, 2.45) is 0 Å². The quantitative estimate of drug-likeness (QED) is 0.667. The molecule has 0 aliphatic heterocycles. The van der Waals surface area contributed by atoms with E-state index in [1.165, 1.54) is 18.6 Å². The third-order valence-electron chi connectivity index (χ3n) is 1.42. The van der Waals surface area contributed by atoms with Gasteiger partial charge in [-0.15, -0.1) is 0 Å². The second kappa shape index (κ2) is 2.57. The van der Waals surface area contributed by atoms with E-state index in [2.05, 4.69) is 15.0 Å². The molecule has 0 saturated carbocycles. The normalized spacial score (nSPS) is 10.4. The summed E-state index contributed by atoms with van der Waals surface area (Å²) in [5.41, 5.74) is 0.847. The fourth-order valence-corrected chi connectivity index (χ4v) is 1.06. The Hall–Kier alpha value is -1.42. The maximum Gasteiger partial charge on any atom is 0.179 e. The first-order valence-corrected chi connectivity index (χ1v) is 3.61. The molecule has 0 atom stereocenters. The minimum absolute atomic E-state index is 0.0790. The summed E-state index contributed by atoms with van der Waals surface area (Å²) >= 11 is 5.73. The van der Waals surface area contributed by atoms with Gasteiger partial charge in [0.05, 0.1) is 6.20 Å². The number of aromatic hydroxyl groups is 1. The van der Waals surface area contributed by atoms with Gasteiger partial charge in [-0.1, -0.05) is 11.6 Å². The molecule has 2 heterocycles. The predicted molar refractivity (Wildman–Crippen MR) is 44.0 cm³/mol. The first kappa shape index (κ1) is 7.24. The molecule has 4 nitrogen and oxygen atoms in total. The summed E-state index contributed by atoms with van der Waals surface area (Å²) in [6.07, 6.45) is 4.26. The fourth-order valence-electron chi connectivity index (χ4n) is 0.880. The van der Waals surface area contributed by atoms with Crippen LogP contribution in [0.15, 0.2) is 18.6 Å². The minimum atomic E-state index is -0.0790. The van der Waals surface area contributed by atoms with Crippen LogP contribution in [-0.4, -0.2) is 20.1 Å². The Bertz CT molecular complexity index is 432. The molecular weight excluding hydrogens is 178 g/mol. The minimum Gasteiger partial charge on any atom is -0.505 e. The van der Waals surface area contributed by atoms with E-state index in [0.717, 1.165) is 0 Å². The summed E-state index contributed by atoms with van der Waals surface area (Å²) in [4.78, 5) is 11.7. The summed E-state index contributed by atoms with van der Waals surface area (Å²) in [7, 11) is 0. The Morgan fingerprint density at radius 3 is 2.75 bits per heavy atom. The summed E-state index contributed by atoms with van der Waals surface area (Å²) in [6.45, 7) is 0. The van der Waals surface area contributed by atoms with Gasteiger partial charge in [0.2, 0.25) is 0 Å². The molecule has 60 valence electrons. The average Bonchev–Trinajstić information content (AvgIpc) is 2.12. The summed E-state index contributed by atoms with van der Waals surface area (Å²) in [5, 5.41) is 9.34. The zero-order chi connectivity index (χ0) is 8.55. The number of nitrogens with zero attached hydrogens (tertiary/aromatic N) is 3. The van der Waals surface area contributed by atoms with Crippen molar-refractivity contribution in [2.75, 3.05) is 0 Å². The first-order chi connectivity index (χ1) is 5.79. The van der Waals surface area contributed by atoms with Gasteiger partial charge in [-0.05, 0) is 0 Å². The molecule has 2 aromatic heterocycles. The molecule has 0 saturated heterocycles. The van der Waals surface area contributed by atoms with Gasteiger partial charge in [-0.25, -0.2) is 15.0 Å². The van der Waals surface area contributed by atoms with Crippen LogP contribution in [-0.2, 0) is 0 Å². The van der Waals surface area contributed by atoms with E-state index in [1.807, 2.05) is 0 Å². The summed E-state index contributed by atoms with van der Waals surface area (Å²) in [5.74, 6) is -0.0790. The van der Waals surface area contributed by atoms with Gasteiger partial charge in [0.15, 0.2) is 11.4 Å². The van der Waals surface area contributed by atoms with Crippen LogP contribution in [0, 0.1) is 0 Å². The molecule has 0 aromatic carbocycles. The van der Waals surface area contributed by atoms with E-state index < -0.39 is 0 Å². The van der Waals surface area contributed by atoms with E-state index in [4.69, 9.17) is 16.7 Å². The number of pyridine rings is 1. The van der Waals surface area contributed by atoms with E-state index in [9.17, 15) is 0 Å². The lowest BCUT2D eigenvalue weighted by Gasteiger charge is -1.98. The van der Waals surface area contributed by atoms with E-state index in [0.29, 0.717) is 11.2 Å². The van der Waals surface area contributed by atoms with Crippen LogP contribution in [0.25, 0.3) is 11.2 Å². The molecule has 0 aliphatic rings. The topological polar surface area (TPSA) is 58.9 Å². The first-order valence-electron chi connectivity index (χ1n) is 3.23. The summed E-state index contributed by atoms with van der Waals surface area (Å²) in [6, 6.07) is 0. The third kappa shape index (κ3) is 0.967. The zero-order valence-corrected chi connectivity index (χ0v) is 6.65. The van der Waals surface area contributed by atoms with Crippen molar-refractivity contribution in [3.63, 3.8) is 0 Å². The van der Waals surface area contributed by atoms with Gasteiger partial charge in [0.1, 0.15) is 10.5 Å². The molecule has 0 spiro atoms. The van der Waals surface area contributed by atoms with E-state index in [-0.39, 0.29) is 10.8 Å². The van der Waals surface area contributed by atoms with Gasteiger partial charge in [0.25, 0.3) is 0 Å². The highest BCUT2D eigenvalue weighted by Crippen LogP contribution is 2.26. The Kier molecular flexibility index (Phi) is 1.55. The summed E-state index contributed by atoms with van der Waals surface area (Å²) < 4.78 is 0. The Morgan fingerprint density at radius 1 is 1.17 bits per heavy atom. The van der Waals surface area contributed by atoms with Crippen molar-refractivity contribution >= 4 is 22.8 Å². The van der Waals surface area contributed by atoms with Crippen LogP contribution < -0.4 is 0 Å². The van der Waals surface area contributed by atoms with Gasteiger partial charge >= 0.3 is 0 Å². The number of rotatable bonds is 0. The van der Waals surface area contributed by atoms with Crippen LogP contribution in [0.4, 0.5) is 0 Å². The molecule has 0 amide bonds. The Labute approximate surface area is 72.9 Å². The Morgan fingerprint density at radius 2 is 1.92 bits per heavy atom. The smallest absolute Gasteiger partial charge is 0.179 e. The molecule has 2 rings (SSSR count).